The molecular weight excluding hydrogens is 500 g/mol. The number of amides is 1. The minimum atomic E-state index is -4.16. The Hall–Kier alpha value is -1.01. The van der Waals surface area contributed by atoms with Gasteiger partial charge in [-0.2, -0.15) is 0 Å². The molecule has 1 fully saturated rings. The van der Waals surface area contributed by atoms with Crippen molar-refractivity contribution in [3.8, 4) is 0 Å². The average molecular weight is 548 g/mol. The van der Waals surface area contributed by atoms with Crippen LogP contribution in [0.15, 0.2) is 34.9 Å². The minimum Gasteiger partial charge on any atom is -0.335 e. The van der Waals surface area contributed by atoms with Crippen LogP contribution in [0.2, 0.25) is 0 Å². The largest absolute Gasteiger partial charge is 0.360 e. The van der Waals surface area contributed by atoms with Crippen LogP contribution >= 0.6 is 15.2 Å². The van der Waals surface area contributed by atoms with E-state index in [1.807, 2.05) is 13.0 Å². The molecule has 1 heterocycles. The van der Waals surface area contributed by atoms with Crippen LogP contribution in [0, 0.1) is 0 Å². The first-order valence-electron chi connectivity index (χ1n) is 13.0. The Labute approximate surface area is 218 Å². The summed E-state index contributed by atoms with van der Waals surface area (Å²) < 4.78 is 49.8. The molecule has 0 unspecified atom stereocenters. The Kier molecular flexibility index (Phi) is 14.1. The number of carbonyl (C=O) groups is 1. The van der Waals surface area contributed by atoms with Gasteiger partial charge in [0, 0.05) is 6.54 Å². The van der Waals surface area contributed by atoms with Gasteiger partial charge in [0.05, 0.1) is 33.0 Å². The van der Waals surface area contributed by atoms with Gasteiger partial charge in [-0.3, -0.25) is 13.9 Å². The molecule has 0 spiro atoms. The lowest BCUT2D eigenvalue weighted by molar-refractivity contribution is -0.142. The molecule has 1 saturated heterocycles. The second-order valence-electron chi connectivity index (χ2n) is 9.13. The summed E-state index contributed by atoms with van der Waals surface area (Å²) in [5.74, 6) is -0.586. The van der Waals surface area contributed by atoms with Gasteiger partial charge in [0.1, 0.15) is 0 Å². The van der Waals surface area contributed by atoms with Crippen molar-refractivity contribution in [2.24, 2.45) is 0 Å². The standard InChI is InChI=1S/C26H47NO7P2/c1-9-31-35(29,32-10-2)26(36(30,33-11-3)34-12-4)21-27(25(26)28)20-19-24(8)18-14-17-23(7)16-13-15-22(5)6/h15,17,19H,9-14,16,18,20-21H2,1-8H3/b23-17+,24-19+. The molecule has 1 rings (SSSR count). The predicted molar refractivity (Wildman–Crippen MR) is 146 cm³/mol. The van der Waals surface area contributed by atoms with Crippen LogP contribution in [0.4, 0.5) is 0 Å². The zero-order valence-electron chi connectivity index (χ0n) is 23.5. The zero-order valence-corrected chi connectivity index (χ0v) is 25.3. The van der Waals surface area contributed by atoms with Gasteiger partial charge in [-0.25, -0.2) is 0 Å². The van der Waals surface area contributed by atoms with Gasteiger partial charge in [0.15, 0.2) is 0 Å². The number of carbonyl (C=O) groups excluding carboxylic acids is 1. The summed E-state index contributed by atoms with van der Waals surface area (Å²) in [6.45, 7) is 15.4. The molecule has 0 atom stereocenters. The Morgan fingerprint density at radius 3 is 1.58 bits per heavy atom. The smallest absolute Gasteiger partial charge is 0.335 e. The maximum absolute atomic E-state index is 13.9. The molecule has 0 aromatic carbocycles. The van der Waals surface area contributed by atoms with Gasteiger partial charge in [0.25, 0.3) is 10.8 Å². The molecule has 0 aromatic rings. The quantitative estimate of drug-likeness (QED) is 0.0998. The summed E-state index contributed by atoms with van der Waals surface area (Å²) in [4.78, 5) is 13.1. The molecule has 0 bridgehead atoms. The molecule has 1 amide bonds. The highest BCUT2D eigenvalue weighted by atomic mass is 31.2. The summed E-state index contributed by atoms with van der Waals surface area (Å²) in [6, 6.07) is 0. The molecule has 0 saturated carbocycles. The van der Waals surface area contributed by atoms with E-state index in [1.165, 1.54) is 16.0 Å². The monoisotopic (exact) mass is 547 g/mol. The maximum atomic E-state index is 13.9. The summed E-state index contributed by atoms with van der Waals surface area (Å²) in [5.41, 5.74) is 3.85. The van der Waals surface area contributed by atoms with Crippen molar-refractivity contribution < 1.29 is 32.0 Å². The Bertz CT molecular complexity index is 856. The van der Waals surface area contributed by atoms with Crippen molar-refractivity contribution in [2.45, 2.75) is 86.0 Å². The lowest BCUT2D eigenvalue weighted by Crippen LogP contribution is -2.66. The normalized spacial score (nSPS) is 16.8. The number of rotatable bonds is 18. The van der Waals surface area contributed by atoms with Crippen LogP contribution in [0.25, 0.3) is 0 Å². The molecule has 208 valence electrons. The maximum Gasteiger partial charge on any atom is 0.360 e. The highest BCUT2D eigenvalue weighted by Gasteiger charge is 2.77. The first-order chi connectivity index (χ1) is 17.0. The molecule has 0 radical (unpaired) electrons. The van der Waals surface area contributed by atoms with Crippen LogP contribution in [0.5, 0.6) is 0 Å². The Balaban J connectivity index is 3.00. The van der Waals surface area contributed by atoms with E-state index in [-0.39, 0.29) is 33.0 Å². The summed E-state index contributed by atoms with van der Waals surface area (Å²) in [5, 5.41) is 0. The van der Waals surface area contributed by atoms with Crippen LogP contribution in [0.3, 0.4) is 0 Å². The number of likely N-dealkylation sites (tertiary alicyclic amines) is 1. The van der Waals surface area contributed by atoms with Gasteiger partial charge in [-0.05, 0) is 81.1 Å². The molecule has 8 nitrogen and oxygen atoms in total. The third-order valence-corrected chi connectivity index (χ3v) is 12.3. The van der Waals surface area contributed by atoms with E-state index >= 15 is 0 Å². The number of β-lactam (4-membered cyclic amide) rings is 1. The van der Waals surface area contributed by atoms with Gasteiger partial charge < -0.3 is 23.0 Å². The Morgan fingerprint density at radius 1 is 0.778 bits per heavy atom. The van der Waals surface area contributed by atoms with E-state index in [0.29, 0.717) is 6.54 Å². The summed E-state index contributed by atoms with van der Waals surface area (Å²) in [6.07, 6.45) is 10.4. The van der Waals surface area contributed by atoms with Crippen LogP contribution in [-0.4, -0.2) is 55.2 Å². The predicted octanol–water partition coefficient (Wildman–Crippen LogP) is 7.48. The molecule has 0 aliphatic carbocycles. The van der Waals surface area contributed by atoms with E-state index in [9.17, 15) is 13.9 Å². The highest BCUT2D eigenvalue weighted by molar-refractivity contribution is 7.76. The molecule has 1 aliphatic heterocycles. The van der Waals surface area contributed by atoms with Crippen LogP contribution in [0.1, 0.15) is 81.1 Å². The number of hydrogen-bond acceptors (Lipinski definition) is 7. The molecular formula is C26H47NO7P2. The third kappa shape index (κ3) is 7.99. The lowest BCUT2D eigenvalue weighted by atomic mass is 10.1. The molecule has 0 aromatic heterocycles. The fourth-order valence-electron chi connectivity index (χ4n) is 4.06. The zero-order chi connectivity index (χ0) is 27.4. The van der Waals surface area contributed by atoms with E-state index in [1.54, 1.807) is 27.7 Å². The molecule has 36 heavy (non-hydrogen) atoms. The molecule has 10 heteroatoms. The van der Waals surface area contributed by atoms with E-state index < -0.39 is 26.0 Å². The van der Waals surface area contributed by atoms with E-state index in [0.717, 1.165) is 31.3 Å². The lowest BCUT2D eigenvalue weighted by Gasteiger charge is -2.51. The van der Waals surface area contributed by atoms with Gasteiger partial charge >= 0.3 is 15.2 Å². The van der Waals surface area contributed by atoms with Gasteiger partial charge in [0.2, 0.25) is 0 Å². The van der Waals surface area contributed by atoms with Crippen LogP contribution < -0.4 is 0 Å². The summed E-state index contributed by atoms with van der Waals surface area (Å²) >= 11 is 0. The van der Waals surface area contributed by atoms with Gasteiger partial charge in [-0.15, -0.1) is 0 Å². The first kappa shape index (κ1) is 33.0. The number of allylic oxidation sites excluding steroid dienone is 5. The summed E-state index contributed by atoms with van der Waals surface area (Å²) in [7, 11) is -8.32. The van der Waals surface area contributed by atoms with E-state index in [2.05, 4.69) is 32.9 Å². The second kappa shape index (κ2) is 15.4. The second-order valence-corrected chi connectivity index (χ2v) is 14.0. The van der Waals surface area contributed by atoms with Crippen molar-refractivity contribution >= 4 is 21.1 Å². The highest BCUT2D eigenvalue weighted by Crippen LogP contribution is 2.80. The minimum absolute atomic E-state index is 0.0326. The van der Waals surface area contributed by atoms with Crippen LogP contribution in [-0.2, 0) is 32.0 Å². The fourth-order valence-corrected chi connectivity index (χ4v) is 9.75. The van der Waals surface area contributed by atoms with Crippen molar-refractivity contribution in [3.63, 3.8) is 0 Å². The van der Waals surface area contributed by atoms with Crippen molar-refractivity contribution in [3.05, 3.63) is 34.9 Å². The topological polar surface area (TPSA) is 91.4 Å². The van der Waals surface area contributed by atoms with Gasteiger partial charge in [-0.1, -0.05) is 34.9 Å². The Morgan fingerprint density at radius 2 is 1.19 bits per heavy atom. The van der Waals surface area contributed by atoms with Crippen molar-refractivity contribution in [1.29, 1.82) is 0 Å². The van der Waals surface area contributed by atoms with Crippen molar-refractivity contribution in [2.75, 3.05) is 39.5 Å². The van der Waals surface area contributed by atoms with E-state index in [4.69, 9.17) is 18.1 Å². The van der Waals surface area contributed by atoms with Crippen molar-refractivity contribution in [1.82, 2.24) is 4.90 Å². The average Bonchev–Trinajstić information content (AvgIpc) is 2.78. The molecule has 0 N–H and O–H groups in total. The number of hydrogen-bond donors (Lipinski definition) is 0. The number of nitrogens with zero attached hydrogens (tertiary/aromatic N) is 1. The third-order valence-electron chi connectivity index (χ3n) is 5.93. The molecule has 1 aliphatic rings. The SMILES string of the molecule is CCOP(=O)(OCC)C1(P(=O)(OCC)OCC)CN(C/C=C(\C)CC/C=C(\C)CCC=C(C)C)C1=O. The first-order valence-corrected chi connectivity index (χ1v) is 16.1. The fraction of sp³-hybridized carbons (Fsp3) is 0.731.